The maximum Gasteiger partial charge on any atom is 0.285 e. The van der Waals surface area contributed by atoms with Gasteiger partial charge in [-0.15, -0.1) is 0 Å². The van der Waals surface area contributed by atoms with Crippen LogP contribution in [0.4, 0.5) is 5.69 Å². The quantitative estimate of drug-likeness (QED) is 0.590. The molecule has 2 heterocycles. The average molecular weight is 370 g/mol. The van der Waals surface area contributed by atoms with Crippen molar-refractivity contribution in [2.24, 2.45) is 0 Å². The van der Waals surface area contributed by atoms with E-state index in [1.165, 1.54) is 5.56 Å². The molecule has 1 aliphatic rings. The van der Waals surface area contributed by atoms with E-state index in [9.17, 15) is 19.7 Å². The molecule has 1 aliphatic heterocycles. The van der Waals surface area contributed by atoms with Crippen LogP contribution in [0, 0.1) is 10.1 Å². The third kappa shape index (κ3) is 4.40. The molecule has 27 heavy (non-hydrogen) atoms. The van der Waals surface area contributed by atoms with Gasteiger partial charge in [0.05, 0.1) is 11.1 Å². The van der Waals surface area contributed by atoms with Gasteiger partial charge in [0.25, 0.3) is 11.2 Å². The maximum atomic E-state index is 12.5. The number of nitrogens with zero attached hydrogens (tertiary/aromatic N) is 4. The van der Waals surface area contributed by atoms with Crippen LogP contribution in [0.5, 0.6) is 0 Å². The zero-order valence-corrected chi connectivity index (χ0v) is 15.2. The Bertz CT molecular complexity index is 873. The molecule has 1 amide bonds. The molecule has 1 saturated heterocycles. The van der Waals surface area contributed by atoms with E-state index >= 15 is 0 Å². The summed E-state index contributed by atoms with van der Waals surface area (Å²) >= 11 is 0. The summed E-state index contributed by atoms with van der Waals surface area (Å²) in [6, 6.07) is 12.7. The number of pyridine rings is 1. The third-order valence-electron chi connectivity index (χ3n) is 4.98. The summed E-state index contributed by atoms with van der Waals surface area (Å²) in [5.41, 5.74) is 0.606. The number of amides is 1. The normalized spacial score (nSPS) is 16.1. The maximum absolute atomic E-state index is 12.5. The van der Waals surface area contributed by atoms with Crippen molar-refractivity contribution in [2.75, 3.05) is 26.2 Å². The molecule has 0 radical (unpaired) electrons. The molecule has 0 bridgehead atoms. The van der Waals surface area contributed by atoms with Crippen molar-refractivity contribution in [1.29, 1.82) is 0 Å². The summed E-state index contributed by atoms with van der Waals surface area (Å²) < 4.78 is 1.10. The second kappa shape index (κ2) is 8.13. The molecule has 0 N–H and O–H groups in total. The predicted octanol–water partition coefficient (Wildman–Crippen LogP) is 1.66. The van der Waals surface area contributed by atoms with Crippen molar-refractivity contribution >= 4 is 11.6 Å². The van der Waals surface area contributed by atoms with Crippen molar-refractivity contribution in [2.45, 2.75) is 19.5 Å². The van der Waals surface area contributed by atoms with Gasteiger partial charge < -0.3 is 4.90 Å². The lowest BCUT2D eigenvalue weighted by Crippen LogP contribution is -2.50. The Hall–Kier alpha value is -3.00. The topological polar surface area (TPSA) is 88.7 Å². The summed E-state index contributed by atoms with van der Waals surface area (Å²) in [5.74, 6) is -0.204. The van der Waals surface area contributed by atoms with Gasteiger partial charge in [-0.2, -0.15) is 0 Å². The van der Waals surface area contributed by atoms with Gasteiger partial charge in [-0.25, -0.2) is 0 Å². The molecule has 1 atom stereocenters. The molecule has 2 aromatic rings. The molecule has 3 rings (SSSR count). The van der Waals surface area contributed by atoms with Crippen molar-refractivity contribution in [3.8, 4) is 0 Å². The summed E-state index contributed by atoms with van der Waals surface area (Å²) in [4.78, 5) is 38.7. The fourth-order valence-electron chi connectivity index (χ4n) is 3.30. The summed E-state index contributed by atoms with van der Waals surface area (Å²) in [7, 11) is 0. The number of carbonyl (C=O) groups excluding carboxylic acids is 1. The van der Waals surface area contributed by atoms with E-state index in [1.807, 2.05) is 18.2 Å². The fourth-order valence-corrected chi connectivity index (χ4v) is 3.30. The first-order valence-electron chi connectivity index (χ1n) is 8.87. The van der Waals surface area contributed by atoms with Gasteiger partial charge in [0.2, 0.25) is 5.91 Å². The zero-order valence-electron chi connectivity index (χ0n) is 15.2. The van der Waals surface area contributed by atoms with E-state index in [2.05, 4.69) is 24.0 Å². The summed E-state index contributed by atoms with van der Waals surface area (Å²) in [5, 5.41) is 10.9. The lowest BCUT2D eigenvalue weighted by molar-refractivity contribution is -0.385. The molecule has 0 spiro atoms. The minimum Gasteiger partial charge on any atom is -0.339 e. The smallest absolute Gasteiger partial charge is 0.285 e. The number of rotatable bonds is 5. The average Bonchev–Trinajstić information content (AvgIpc) is 2.69. The minimum absolute atomic E-state index is 0.186. The summed E-state index contributed by atoms with van der Waals surface area (Å²) in [6.45, 7) is 4.58. The molecular formula is C19H22N4O4. The van der Waals surface area contributed by atoms with Crippen LogP contribution in [-0.2, 0) is 11.3 Å². The Morgan fingerprint density at radius 1 is 1.11 bits per heavy atom. The third-order valence-corrected chi connectivity index (χ3v) is 4.98. The highest BCUT2D eigenvalue weighted by atomic mass is 16.6. The van der Waals surface area contributed by atoms with E-state index in [0.29, 0.717) is 13.1 Å². The molecule has 1 aromatic heterocycles. The Labute approximate surface area is 156 Å². The first-order valence-corrected chi connectivity index (χ1v) is 8.87. The number of nitro groups is 1. The van der Waals surface area contributed by atoms with E-state index in [4.69, 9.17) is 0 Å². The van der Waals surface area contributed by atoms with Gasteiger partial charge in [0.1, 0.15) is 6.54 Å². The number of carbonyl (C=O) groups is 1. The zero-order chi connectivity index (χ0) is 19.4. The molecule has 1 fully saturated rings. The van der Waals surface area contributed by atoms with Gasteiger partial charge in [-0.05, 0) is 12.5 Å². The number of benzene rings is 1. The van der Waals surface area contributed by atoms with Crippen LogP contribution in [0.1, 0.15) is 18.5 Å². The fraction of sp³-hybridized carbons (Fsp3) is 0.368. The molecule has 8 nitrogen and oxygen atoms in total. The van der Waals surface area contributed by atoms with E-state index in [0.717, 1.165) is 36.0 Å². The minimum atomic E-state index is -0.579. The van der Waals surface area contributed by atoms with E-state index in [-0.39, 0.29) is 24.2 Å². The predicted molar refractivity (Wildman–Crippen MR) is 100 cm³/mol. The van der Waals surface area contributed by atoms with Crippen molar-refractivity contribution in [1.82, 2.24) is 14.4 Å². The van der Waals surface area contributed by atoms with Crippen LogP contribution in [0.15, 0.2) is 53.5 Å². The molecule has 1 aromatic carbocycles. The standard InChI is InChI=1S/C19H22N4O4/c1-15(16-5-3-2-4-6-16)20-9-11-21(12-10-20)19(25)14-22-13-17(23(26)27)7-8-18(22)24/h2-8,13,15H,9-12,14H2,1H3/t15-/m0/s1. The van der Waals surface area contributed by atoms with Gasteiger partial charge in [-0.3, -0.25) is 29.2 Å². The lowest BCUT2D eigenvalue weighted by Gasteiger charge is -2.38. The van der Waals surface area contributed by atoms with Crippen LogP contribution in [0.3, 0.4) is 0 Å². The molecule has 0 aliphatic carbocycles. The van der Waals surface area contributed by atoms with Crippen molar-refractivity contribution in [3.05, 3.63) is 74.7 Å². The van der Waals surface area contributed by atoms with Gasteiger partial charge in [0.15, 0.2) is 0 Å². The molecule has 0 saturated carbocycles. The monoisotopic (exact) mass is 370 g/mol. The highest BCUT2D eigenvalue weighted by molar-refractivity contribution is 5.76. The van der Waals surface area contributed by atoms with Crippen LogP contribution in [0.25, 0.3) is 0 Å². The Balaban J connectivity index is 1.60. The molecule has 0 unspecified atom stereocenters. The lowest BCUT2D eigenvalue weighted by atomic mass is 10.1. The number of hydrogen-bond donors (Lipinski definition) is 0. The van der Waals surface area contributed by atoms with Gasteiger partial charge in [0, 0.05) is 44.4 Å². The number of hydrogen-bond acceptors (Lipinski definition) is 5. The summed E-state index contributed by atoms with van der Waals surface area (Å²) in [6.07, 6.45) is 1.12. The highest BCUT2D eigenvalue weighted by Crippen LogP contribution is 2.21. The molecule has 8 heteroatoms. The second-order valence-electron chi connectivity index (χ2n) is 6.61. The SMILES string of the molecule is C[C@@H](c1ccccc1)N1CCN(C(=O)Cn2cc([N+](=O)[O-])ccc2=O)CC1. The van der Waals surface area contributed by atoms with Crippen LogP contribution in [0.2, 0.25) is 0 Å². The van der Waals surface area contributed by atoms with Crippen molar-refractivity contribution < 1.29 is 9.72 Å². The molecular weight excluding hydrogens is 348 g/mol. The first-order chi connectivity index (χ1) is 13.0. The number of aromatic nitrogens is 1. The van der Waals surface area contributed by atoms with Gasteiger partial charge in [-0.1, -0.05) is 30.3 Å². The molecule has 142 valence electrons. The van der Waals surface area contributed by atoms with Crippen LogP contribution in [-0.4, -0.2) is 51.4 Å². The van der Waals surface area contributed by atoms with Gasteiger partial charge >= 0.3 is 0 Å². The van der Waals surface area contributed by atoms with Crippen molar-refractivity contribution in [3.63, 3.8) is 0 Å². The Morgan fingerprint density at radius 3 is 2.41 bits per heavy atom. The largest absolute Gasteiger partial charge is 0.339 e. The van der Waals surface area contributed by atoms with E-state index < -0.39 is 10.5 Å². The van der Waals surface area contributed by atoms with Crippen LogP contribution >= 0.6 is 0 Å². The van der Waals surface area contributed by atoms with Crippen LogP contribution < -0.4 is 5.56 Å². The Morgan fingerprint density at radius 2 is 1.78 bits per heavy atom. The second-order valence-corrected chi connectivity index (χ2v) is 6.61. The van der Waals surface area contributed by atoms with E-state index in [1.54, 1.807) is 4.90 Å². The number of piperazine rings is 1. The first kappa shape index (κ1) is 18.8. The Kier molecular flexibility index (Phi) is 5.66. The highest BCUT2D eigenvalue weighted by Gasteiger charge is 2.25.